The summed E-state index contributed by atoms with van der Waals surface area (Å²) in [7, 11) is 0. The minimum atomic E-state index is -0.555. The van der Waals surface area contributed by atoms with E-state index in [1.54, 1.807) is 0 Å². The lowest BCUT2D eigenvalue weighted by Gasteiger charge is -2.05. The van der Waals surface area contributed by atoms with Gasteiger partial charge in [-0.25, -0.2) is 0 Å². The van der Waals surface area contributed by atoms with Gasteiger partial charge in [0, 0.05) is 13.0 Å². The van der Waals surface area contributed by atoms with Crippen molar-refractivity contribution in [2.75, 3.05) is 13.2 Å². The van der Waals surface area contributed by atoms with Crippen molar-refractivity contribution in [3.8, 4) is 0 Å². The summed E-state index contributed by atoms with van der Waals surface area (Å²) in [5.41, 5.74) is 5.57. The first-order valence-electron chi connectivity index (χ1n) is 5.60. The quantitative estimate of drug-likeness (QED) is 0.744. The molecule has 90 valence electrons. The fourth-order valence-corrected chi connectivity index (χ4v) is 1.76. The van der Waals surface area contributed by atoms with Crippen LogP contribution in [0.1, 0.15) is 37.0 Å². The highest BCUT2D eigenvalue weighted by atomic mass is 16.5. The van der Waals surface area contributed by atoms with Crippen molar-refractivity contribution in [2.24, 2.45) is 5.73 Å². The van der Waals surface area contributed by atoms with E-state index in [1.165, 1.54) is 0 Å². The average molecular weight is 227 g/mol. The number of aromatic nitrogens is 2. The lowest BCUT2D eigenvalue weighted by molar-refractivity contribution is 0.102. The number of rotatable bonds is 5. The second kappa shape index (κ2) is 5.38. The molecular formula is C10H17N3O3. The summed E-state index contributed by atoms with van der Waals surface area (Å²) in [5, 5.41) is 12.6. The van der Waals surface area contributed by atoms with Gasteiger partial charge >= 0.3 is 0 Å². The van der Waals surface area contributed by atoms with E-state index in [0.717, 1.165) is 25.9 Å². The van der Waals surface area contributed by atoms with Gasteiger partial charge in [0.1, 0.15) is 0 Å². The van der Waals surface area contributed by atoms with Crippen molar-refractivity contribution in [2.45, 2.75) is 37.8 Å². The van der Waals surface area contributed by atoms with Crippen molar-refractivity contribution in [3.05, 3.63) is 11.7 Å². The summed E-state index contributed by atoms with van der Waals surface area (Å²) >= 11 is 0. The van der Waals surface area contributed by atoms with Crippen LogP contribution in [-0.4, -0.2) is 34.6 Å². The minimum absolute atomic E-state index is 0.176. The van der Waals surface area contributed by atoms with Crippen molar-refractivity contribution in [1.29, 1.82) is 0 Å². The predicted molar refractivity (Wildman–Crippen MR) is 55.6 cm³/mol. The zero-order chi connectivity index (χ0) is 11.4. The molecule has 6 nitrogen and oxygen atoms in total. The Kier molecular flexibility index (Phi) is 3.87. The summed E-state index contributed by atoms with van der Waals surface area (Å²) in [5.74, 6) is 0.930. The molecule has 3 N–H and O–H groups in total. The van der Waals surface area contributed by atoms with E-state index in [9.17, 15) is 0 Å². The number of ether oxygens (including phenoxy) is 1. The number of hydrogen-bond donors (Lipinski definition) is 2. The molecule has 0 bridgehead atoms. The van der Waals surface area contributed by atoms with Crippen LogP contribution in [0.5, 0.6) is 0 Å². The minimum Gasteiger partial charge on any atom is -0.394 e. The number of hydrogen-bond acceptors (Lipinski definition) is 6. The molecule has 1 aromatic heterocycles. The van der Waals surface area contributed by atoms with E-state index in [0.29, 0.717) is 24.2 Å². The molecule has 0 radical (unpaired) electrons. The second-order valence-electron chi connectivity index (χ2n) is 4.01. The molecule has 1 aromatic rings. The molecule has 1 aliphatic heterocycles. The van der Waals surface area contributed by atoms with Crippen molar-refractivity contribution < 1.29 is 14.4 Å². The topological polar surface area (TPSA) is 94.4 Å². The van der Waals surface area contributed by atoms with Gasteiger partial charge in [0.05, 0.1) is 18.8 Å². The van der Waals surface area contributed by atoms with E-state index < -0.39 is 6.04 Å². The van der Waals surface area contributed by atoms with Crippen LogP contribution < -0.4 is 5.73 Å². The molecule has 2 atom stereocenters. The zero-order valence-electron chi connectivity index (χ0n) is 9.13. The summed E-state index contributed by atoms with van der Waals surface area (Å²) in [6.07, 6.45) is 4.17. The third-order valence-electron chi connectivity index (χ3n) is 2.72. The highest BCUT2D eigenvalue weighted by molar-refractivity contribution is 4.93. The number of aliphatic hydroxyl groups excluding tert-OH is 1. The first-order chi connectivity index (χ1) is 7.79. The van der Waals surface area contributed by atoms with Crippen LogP contribution in [0.15, 0.2) is 4.52 Å². The number of aliphatic hydroxyl groups is 1. The largest absolute Gasteiger partial charge is 0.394 e. The maximum Gasteiger partial charge on any atom is 0.226 e. The Morgan fingerprint density at radius 2 is 2.44 bits per heavy atom. The maximum atomic E-state index is 8.83. The van der Waals surface area contributed by atoms with Gasteiger partial charge in [0.15, 0.2) is 5.82 Å². The van der Waals surface area contributed by atoms with Gasteiger partial charge in [-0.05, 0) is 19.3 Å². The Labute approximate surface area is 93.8 Å². The molecule has 0 saturated carbocycles. The van der Waals surface area contributed by atoms with E-state index in [1.807, 2.05) is 0 Å². The molecule has 1 saturated heterocycles. The predicted octanol–water partition coefficient (Wildman–Crippen LogP) is 0.173. The standard InChI is InChI=1S/C10H17N3O3/c11-8(6-14)10-12-9(16-13-10)4-3-7-2-1-5-15-7/h7-8,14H,1-6,11H2. The first-order valence-corrected chi connectivity index (χ1v) is 5.60. The van der Waals surface area contributed by atoms with Gasteiger partial charge in [-0.15, -0.1) is 0 Å². The molecule has 2 unspecified atom stereocenters. The van der Waals surface area contributed by atoms with Crippen molar-refractivity contribution >= 4 is 0 Å². The molecule has 2 rings (SSSR count). The zero-order valence-corrected chi connectivity index (χ0v) is 9.13. The SMILES string of the molecule is NC(CO)c1noc(CCC2CCCO2)n1. The van der Waals surface area contributed by atoms with Crippen LogP contribution in [0.4, 0.5) is 0 Å². The Morgan fingerprint density at radius 1 is 1.56 bits per heavy atom. The Morgan fingerprint density at radius 3 is 3.12 bits per heavy atom. The average Bonchev–Trinajstić information content (AvgIpc) is 2.96. The van der Waals surface area contributed by atoms with Crippen LogP contribution in [0.3, 0.4) is 0 Å². The van der Waals surface area contributed by atoms with Gasteiger partial charge in [0.25, 0.3) is 0 Å². The number of nitrogens with zero attached hydrogens (tertiary/aromatic N) is 2. The second-order valence-corrected chi connectivity index (χ2v) is 4.01. The van der Waals surface area contributed by atoms with E-state index in [2.05, 4.69) is 10.1 Å². The summed E-state index contributed by atoms with van der Waals surface area (Å²) in [4.78, 5) is 4.12. The molecule has 0 spiro atoms. The van der Waals surface area contributed by atoms with Crippen LogP contribution >= 0.6 is 0 Å². The lowest BCUT2D eigenvalue weighted by Crippen LogP contribution is -2.16. The van der Waals surface area contributed by atoms with E-state index >= 15 is 0 Å². The van der Waals surface area contributed by atoms with Crippen molar-refractivity contribution in [1.82, 2.24) is 10.1 Å². The molecule has 6 heteroatoms. The molecular weight excluding hydrogens is 210 g/mol. The smallest absolute Gasteiger partial charge is 0.226 e. The fraction of sp³-hybridized carbons (Fsp3) is 0.800. The molecule has 1 aliphatic rings. The number of nitrogens with two attached hydrogens (primary N) is 1. The normalized spacial score (nSPS) is 22.5. The molecule has 0 aliphatic carbocycles. The highest BCUT2D eigenvalue weighted by Crippen LogP contribution is 2.17. The van der Waals surface area contributed by atoms with Gasteiger partial charge in [-0.3, -0.25) is 0 Å². The Balaban J connectivity index is 1.82. The first kappa shape index (κ1) is 11.5. The molecule has 2 heterocycles. The van der Waals surface area contributed by atoms with Gasteiger partial charge in [-0.1, -0.05) is 5.16 Å². The Bertz CT molecular complexity index is 323. The molecule has 1 fully saturated rings. The lowest BCUT2D eigenvalue weighted by atomic mass is 10.1. The molecule has 16 heavy (non-hydrogen) atoms. The van der Waals surface area contributed by atoms with Gasteiger partial charge < -0.3 is 20.1 Å². The Hall–Kier alpha value is -0.980. The van der Waals surface area contributed by atoms with Crippen LogP contribution in [-0.2, 0) is 11.2 Å². The van der Waals surface area contributed by atoms with Gasteiger partial charge in [-0.2, -0.15) is 4.98 Å². The third kappa shape index (κ3) is 2.78. The van der Waals surface area contributed by atoms with Crippen molar-refractivity contribution in [3.63, 3.8) is 0 Å². The van der Waals surface area contributed by atoms with Crippen LogP contribution in [0.2, 0.25) is 0 Å². The van der Waals surface area contributed by atoms with E-state index in [4.69, 9.17) is 20.1 Å². The summed E-state index contributed by atoms with van der Waals surface area (Å²) in [6.45, 7) is 0.680. The van der Waals surface area contributed by atoms with Gasteiger partial charge in [0.2, 0.25) is 5.89 Å². The molecule has 0 amide bonds. The highest BCUT2D eigenvalue weighted by Gasteiger charge is 2.18. The summed E-state index contributed by atoms with van der Waals surface area (Å²) in [6, 6.07) is -0.555. The maximum absolute atomic E-state index is 8.83. The van der Waals surface area contributed by atoms with E-state index in [-0.39, 0.29) is 6.61 Å². The third-order valence-corrected chi connectivity index (χ3v) is 2.72. The fourth-order valence-electron chi connectivity index (χ4n) is 1.76. The summed E-state index contributed by atoms with van der Waals surface area (Å²) < 4.78 is 10.5. The number of aryl methyl sites for hydroxylation is 1. The molecule has 0 aromatic carbocycles. The van der Waals surface area contributed by atoms with Crippen LogP contribution in [0.25, 0.3) is 0 Å². The monoisotopic (exact) mass is 227 g/mol. The van der Waals surface area contributed by atoms with Crippen LogP contribution in [0, 0.1) is 0 Å².